The molecule has 6 unspecified atom stereocenters. The third-order valence-corrected chi connectivity index (χ3v) is 7.26. The van der Waals surface area contributed by atoms with Crippen molar-refractivity contribution in [2.45, 2.75) is 100 Å². The van der Waals surface area contributed by atoms with Gasteiger partial charge in [0.2, 0.25) is 0 Å². The van der Waals surface area contributed by atoms with E-state index < -0.39 is 54.9 Å². The van der Waals surface area contributed by atoms with E-state index in [9.17, 15) is 26.3 Å². The second-order valence-electron chi connectivity index (χ2n) is 9.27. The van der Waals surface area contributed by atoms with E-state index in [1.807, 2.05) is 4.90 Å². The average Bonchev–Trinajstić information content (AvgIpc) is 3.31. The predicted molar refractivity (Wildman–Crippen MR) is 100 cm³/mol. The predicted octanol–water partition coefficient (Wildman–Crippen LogP) is 2.56. The third-order valence-electron chi connectivity index (χ3n) is 7.26. The van der Waals surface area contributed by atoms with Crippen molar-refractivity contribution >= 4 is 0 Å². The molecule has 0 amide bonds. The molecule has 4 aliphatic rings. The van der Waals surface area contributed by atoms with Crippen LogP contribution < -0.4 is 21.9 Å². The number of halogens is 6. The standard InChI is InChI=1S/C19H31F6N5O/c20-18(21,22)11-7-3-1-2-5-10-6-4-8-30(10)15-12(19(23,24)25)9-13(26)14(27-15)17-29-28-16(11)31-17/h10-17,27-29H,1-9,26H2/t10-,11-,12?,13?,14?,15?,16?,17?/m0/s1. The quantitative estimate of drug-likeness (QED) is 0.418. The number of nitrogens with two attached hydrogens (primary N) is 1. The maximum Gasteiger partial charge on any atom is 0.395 e. The topological polar surface area (TPSA) is 74.6 Å². The summed E-state index contributed by atoms with van der Waals surface area (Å²) in [6, 6.07) is -1.68. The second kappa shape index (κ2) is 8.94. The first-order valence-corrected chi connectivity index (χ1v) is 11.1. The largest absolute Gasteiger partial charge is 0.395 e. The number of piperidine rings is 1. The number of ether oxygens (including phenoxy) is 1. The van der Waals surface area contributed by atoms with E-state index in [0.717, 1.165) is 12.8 Å². The summed E-state index contributed by atoms with van der Waals surface area (Å²) in [4.78, 5) is 1.90. The lowest BCUT2D eigenvalue weighted by Gasteiger charge is -2.48. The van der Waals surface area contributed by atoms with Crippen LogP contribution in [0.15, 0.2) is 0 Å². The van der Waals surface area contributed by atoms with Crippen LogP contribution in [-0.4, -0.2) is 60.5 Å². The number of hydrogen-bond donors (Lipinski definition) is 4. The second-order valence-corrected chi connectivity index (χ2v) is 9.27. The highest BCUT2D eigenvalue weighted by atomic mass is 19.4. The molecule has 4 saturated heterocycles. The molecule has 8 atom stereocenters. The number of nitrogens with zero attached hydrogens (tertiary/aromatic N) is 1. The van der Waals surface area contributed by atoms with E-state index in [1.54, 1.807) is 0 Å². The summed E-state index contributed by atoms with van der Waals surface area (Å²) in [7, 11) is 0. The molecule has 0 aromatic heterocycles. The van der Waals surface area contributed by atoms with E-state index in [0.29, 0.717) is 32.2 Å². The molecule has 0 radical (unpaired) electrons. The average molecular weight is 459 g/mol. The van der Waals surface area contributed by atoms with Crippen LogP contribution >= 0.6 is 0 Å². The number of alkyl halides is 6. The van der Waals surface area contributed by atoms with Gasteiger partial charge in [-0.25, -0.2) is 10.9 Å². The summed E-state index contributed by atoms with van der Waals surface area (Å²) < 4.78 is 88.3. The summed E-state index contributed by atoms with van der Waals surface area (Å²) in [6.07, 6.45) is -8.48. The van der Waals surface area contributed by atoms with Crippen molar-refractivity contribution < 1.29 is 31.1 Å². The van der Waals surface area contributed by atoms with Gasteiger partial charge in [-0.1, -0.05) is 19.3 Å². The Hall–Kier alpha value is -0.660. The minimum Gasteiger partial charge on any atom is -0.340 e. The van der Waals surface area contributed by atoms with Crippen LogP contribution in [0.4, 0.5) is 26.3 Å². The number of hydrogen-bond acceptors (Lipinski definition) is 6. The molecule has 4 fully saturated rings. The molecular weight excluding hydrogens is 428 g/mol. The monoisotopic (exact) mass is 459 g/mol. The summed E-state index contributed by atoms with van der Waals surface area (Å²) >= 11 is 0. The summed E-state index contributed by atoms with van der Waals surface area (Å²) in [6.45, 7) is 0.562. The molecule has 0 aromatic rings. The van der Waals surface area contributed by atoms with Gasteiger partial charge in [-0.2, -0.15) is 26.3 Å². The summed E-state index contributed by atoms with van der Waals surface area (Å²) in [5.74, 6) is -3.34. The van der Waals surface area contributed by atoms with Gasteiger partial charge < -0.3 is 10.5 Å². The van der Waals surface area contributed by atoms with Crippen LogP contribution in [0.1, 0.15) is 51.4 Å². The minimum absolute atomic E-state index is 0.0120. The maximum atomic E-state index is 13.9. The molecule has 4 rings (SSSR count). The lowest BCUT2D eigenvalue weighted by Crippen LogP contribution is -2.70. The fourth-order valence-corrected chi connectivity index (χ4v) is 5.66. The SMILES string of the molecule is NC1CC(C(F)(F)F)C2NC1C1NNC(O1)[C@@H](C(F)(F)F)CCCCC[C@H]1CCCN21. The van der Waals surface area contributed by atoms with Crippen LogP contribution in [-0.2, 0) is 4.74 Å². The Balaban J connectivity index is 1.61. The van der Waals surface area contributed by atoms with Crippen molar-refractivity contribution in [1.29, 1.82) is 0 Å². The van der Waals surface area contributed by atoms with E-state index in [2.05, 4.69) is 16.2 Å². The fraction of sp³-hybridized carbons (Fsp3) is 1.00. The molecule has 4 heterocycles. The van der Waals surface area contributed by atoms with Crippen LogP contribution in [0.5, 0.6) is 0 Å². The normalized spacial score (nSPS) is 43.5. The lowest BCUT2D eigenvalue weighted by molar-refractivity contribution is -0.219. The molecule has 0 aliphatic carbocycles. The van der Waals surface area contributed by atoms with E-state index in [1.165, 1.54) is 0 Å². The molecule has 180 valence electrons. The first kappa shape index (κ1) is 23.5. The van der Waals surface area contributed by atoms with Crippen LogP contribution in [0.25, 0.3) is 0 Å². The zero-order chi connectivity index (χ0) is 22.4. The fourth-order valence-electron chi connectivity index (χ4n) is 5.66. The van der Waals surface area contributed by atoms with Gasteiger partial charge in [0.15, 0.2) is 0 Å². The number of fused-ring (bicyclic) bond motifs is 7. The zero-order valence-corrected chi connectivity index (χ0v) is 17.2. The highest BCUT2D eigenvalue weighted by molar-refractivity contribution is 5.02. The summed E-state index contributed by atoms with van der Waals surface area (Å²) in [5, 5.41) is 3.04. The first-order chi connectivity index (χ1) is 14.6. The van der Waals surface area contributed by atoms with Crippen LogP contribution in [0.2, 0.25) is 0 Å². The Labute approximate surface area is 177 Å². The molecule has 0 spiro atoms. The molecular formula is C19H31F6N5O. The molecule has 0 aromatic carbocycles. The molecule has 0 saturated carbocycles. The Bertz CT molecular complexity index is 620. The van der Waals surface area contributed by atoms with Crippen molar-refractivity contribution in [3.8, 4) is 0 Å². The van der Waals surface area contributed by atoms with Gasteiger partial charge >= 0.3 is 12.4 Å². The van der Waals surface area contributed by atoms with Gasteiger partial charge in [0.1, 0.15) is 12.5 Å². The van der Waals surface area contributed by atoms with E-state index in [4.69, 9.17) is 10.5 Å². The van der Waals surface area contributed by atoms with Gasteiger partial charge in [0.25, 0.3) is 0 Å². The Morgan fingerprint density at radius 2 is 1.45 bits per heavy atom. The minimum atomic E-state index is -4.44. The molecule has 12 heteroatoms. The van der Waals surface area contributed by atoms with Gasteiger partial charge in [-0.05, 0) is 38.6 Å². The van der Waals surface area contributed by atoms with Crippen molar-refractivity contribution in [2.75, 3.05) is 6.54 Å². The van der Waals surface area contributed by atoms with Crippen LogP contribution in [0, 0.1) is 11.8 Å². The molecule has 5 N–H and O–H groups in total. The number of nitrogens with one attached hydrogen (secondary N) is 3. The van der Waals surface area contributed by atoms with Crippen molar-refractivity contribution in [3.05, 3.63) is 0 Å². The van der Waals surface area contributed by atoms with Crippen molar-refractivity contribution in [2.24, 2.45) is 17.6 Å². The van der Waals surface area contributed by atoms with Crippen LogP contribution in [0.3, 0.4) is 0 Å². The number of rotatable bonds is 0. The molecule has 4 aliphatic heterocycles. The Kier molecular flexibility index (Phi) is 6.78. The molecule has 31 heavy (non-hydrogen) atoms. The highest BCUT2D eigenvalue weighted by Crippen LogP contribution is 2.41. The number of hydrazine groups is 1. The summed E-state index contributed by atoms with van der Waals surface area (Å²) in [5.41, 5.74) is 11.4. The first-order valence-electron chi connectivity index (χ1n) is 11.1. The highest BCUT2D eigenvalue weighted by Gasteiger charge is 2.55. The van der Waals surface area contributed by atoms with Gasteiger partial charge in [0.05, 0.1) is 24.0 Å². The van der Waals surface area contributed by atoms with Gasteiger partial charge in [-0.3, -0.25) is 10.2 Å². The van der Waals surface area contributed by atoms with Gasteiger partial charge in [0, 0.05) is 12.1 Å². The van der Waals surface area contributed by atoms with E-state index in [-0.39, 0.29) is 18.9 Å². The van der Waals surface area contributed by atoms with Crippen molar-refractivity contribution in [3.63, 3.8) is 0 Å². The smallest absolute Gasteiger partial charge is 0.340 e. The Morgan fingerprint density at radius 1 is 0.806 bits per heavy atom. The van der Waals surface area contributed by atoms with Crippen molar-refractivity contribution in [1.82, 2.24) is 21.1 Å². The molecule has 4 bridgehead atoms. The molecule has 6 nitrogen and oxygen atoms in total. The third kappa shape index (κ3) is 4.98. The Morgan fingerprint density at radius 3 is 2.16 bits per heavy atom. The van der Waals surface area contributed by atoms with Gasteiger partial charge in [-0.15, -0.1) is 0 Å². The van der Waals surface area contributed by atoms with E-state index >= 15 is 0 Å². The zero-order valence-electron chi connectivity index (χ0n) is 17.2. The maximum absolute atomic E-state index is 13.9. The lowest BCUT2D eigenvalue weighted by atomic mass is 9.85.